The molecule has 3 aliphatic rings. The van der Waals surface area contributed by atoms with Gasteiger partial charge in [-0.15, -0.1) is 0 Å². The van der Waals surface area contributed by atoms with Crippen molar-refractivity contribution < 1.29 is 27.4 Å². The summed E-state index contributed by atoms with van der Waals surface area (Å²) in [6.07, 6.45) is -2.68. The number of ether oxygens (including phenoxy) is 2. The lowest BCUT2D eigenvalue weighted by atomic mass is 9.92. The molecule has 4 rings (SSSR count). The lowest BCUT2D eigenvalue weighted by molar-refractivity contribution is -0.0866. The van der Waals surface area contributed by atoms with Gasteiger partial charge in [0.25, 0.3) is 0 Å². The normalized spacial score (nSPS) is 21.5. The van der Waals surface area contributed by atoms with Crippen LogP contribution in [0.1, 0.15) is 28.8 Å². The van der Waals surface area contributed by atoms with E-state index in [0.29, 0.717) is 30.0 Å². The number of hydrogen-bond acceptors (Lipinski definition) is 6. The number of benzene rings is 1. The lowest BCUT2D eigenvalue weighted by Gasteiger charge is -2.32. The molecule has 1 fully saturated rings. The molecule has 1 atom stereocenters. The topological polar surface area (TPSA) is 63.2 Å². The zero-order valence-electron chi connectivity index (χ0n) is 17.6. The van der Waals surface area contributed by atoms with Gasteiger partial charge in [0.2, 0.25) is 0 Å². The smallest absolute Gasteiger partial charge is 0.417 e. The van der Waals surface area contributed by atoms with Crippen molar-refractivity contribution >= 4 is 17.2 Å². The summed E-state index contributed by atoms with van der Waals surface area (Å²) in [4.78, 5) is 19.5. The molecule has 168 valence electrons. The monoisotopic (exact) mass is 437 g/mol. The molecule has 0 amide bonds. The Morgan fingerprint density at radius 2 is 1.97 bits per heavy atom. The van der Waals surface area contributed by atoms with E-state index >= 15 is 0 Å². The van der Waals surface area contributed by atoms with Crippen LogP contribution < -0.4 is 19.7 Å². The second-order valence-electron chi connectivity index (χ2n) is 7.93. The molecular formula is C22H26F3N3O3. The van der Waals surface area contributed by atoms with Gasteiger partial charge in [0, 0.05) is 56.3 Å². The van der Waals surface area contributed by atoms with Crippen LogP contribution in [-0.2, 0) is 6.42 Å². The molecular weight excluding hydrogens is 411 g/mol. The van der Waals surface area contributed by atoms with Crippen molar-refractivity contribution in [3.05, 3.63) is 28.8 Å². The van der Waals surface area contributed by atoms with Crippen molar-refractivity contribution in [2.24, 2.45) is 10.9 Å². The number of methoxy groups -OCH3 is 2. The van der Waals surface area contributed by atoms with E-state index < -0.39 is 17.7 Å². The second kappa shape index (κ2) is 8.53. The highest BCUT2D eigenvalue weighted by atomic mass is 19.4. The quantitative estimate of drug-likeness (QED) is 0.767. The van der Waals surface area contributed by atoms with Crippen molar-refractivity contribution in [1.82, 2.24) is 5.32 Å². The fraction of sp³-hybridized carbons (Fsp3) is 0.545. The van der Waals surface area contributed by atoms with Crippen molar-refractivity contribution in [1.29, 1.82) is 0 Å². The molecule has 1 unspecified atom stereocenters. The average Bonchev–Trinajstić information content (AvgIpc) is 3.07. The number of piperazine rings is 1. The summed E-state index contributed by atoms with van der Waals surface area (Å²) in [7, 11) is 3.07. The van der Waals surface area contributed by atoms with Gasteiger partial charge < -0.3 is 19.7 Å². The summed E-state index contributed by atoms with van der Waals surface area (Å²) >= 11 is 0. The second-order valence-corrected chi connectivity index (χ2v) is 7.93. The van der Waals surface area contributed by atoms with E-state index in [-0.39, 0.29) is 24.3 Å². The van der Waals surface area contributed by atoms with Crippen molar-refractivity contribution in [2.45, 2.75) is 25.4 Å². The number of aliphatic imine (C=N–C) groups is 1. The number of nitrogens with one attached hydrogen (secondary N) is 1. The number of rotatable bonds is 5. The summed E-state index contributed by atoms with van der Waals surface area (Å²) in [5, 5.41) is 3.30. The first-order valence-electron chi connectivity index (χ1n) is 10.4. The first-order valence-corrected chi connectivity index (χ1v) is 10.4. The van der Waals surface area contributed by atoms with Crippen LogP contribution in [-0.4, -0.2) is 64.6 Å². The Morgan fingerprint density at radius 3 is 2.61 bits per heavy atom. The number of fused-ring (bicyclic) bond motifs is 1. The van der Waals surface area contributed by atoms with Crippen molar-refractivity contribution in [2.75, 3.05) is 51.8 Å². The summed E-state index contributed by atoms with van der Waals surface area (Å²) in [5.74, 6) is 0.260. The first-order chi connectivity index (χ1) is 14.8. The summed E-state index contributed by atoms with van der Waals surface area (Å²) in [5.41, 5.74) is 1.41. The minimum Gasteiger partial charge on any atom is -0.493 e. The number of alkyl halides is 3. The van der Waals surface area contributed by atoms with Crippen LogP contribution in [0.2, 0.25) is 0 Å². The van der Waals surface area contributed by atoms with Crippen molar-refractivity contribution in [3.8, 4) is 11.5 Å². The highest BCUT2D eigenvalue weighted by Gasteiger charge is 2.42. The third kappa shape index (κ3) is 4.03. The zero-order chi connectivity index (χ0) is 22.2. The standard InChI is InChI=1S/C22H26F3N3O3/c1-30-18-12-15-14(19(21(18)31-2)28-8-6-26-7-9-28)10-13(20(15)29)11-17-16(22(23,24)25)4-3-5-27-17/h4,12-13,26H,3,5-11H2,1-2H3. The molecule has 0 saturated carbocycles. The van der Waals surface area contributed by atoms with Crippen LogP contribution in [0, 0.1) is 5.92 Å². The Morgan fingerprint density at radius 1 is 1.23 bits per heavy atom. The maximum absolute atomic E-state index is 13.5. The Labute approximate surface area is 179 Å². The number of ketones is 1. The van der Waals surface area contributed by atoms with Gasteiger partial charge in [0.15, 0.2) is 17.3 Å². The van der Waals surface area contributed by atoms with Gasteiger partial charge in [-0.25, -0.2) is 0 Å². The highest BCUT2D eigenvalue weighted by Crippen LogP contribution is 2.47. The van der Waals surface area contributed by atoms with E-state index in [1.807, 2.05) is 0 Å². The molecule has 0 spiro atoms. The molecule has 1 aromatic rings. The van der Waals surface area contributed by atoms with E-state index in [2.05, 4.69) is 15.2 Å². The predicted octanol–water partition coefficient (Wildman–Crippen LogP) is 3.19. The molecule has 2 aliphatic heterocycles. The predicted molar refractivity (Wildman–Crippen MR) is 112 cm³/mol. The molecule has 2 heterocycles. The van der Waals surface area contributed by atoms with Crippen LogP contribution >= 0.6 is 0 Å². The molecule has 0 aromatic heterocycles. The Kier molecular flexibility index (Phi) is 5.96. The molecule has 31 heavy (non-hydrogen) atoms. The van der Waals surface area contributed by atoms with Crippen LogP contribution in [0.15, 0.2) is 22.7 Å². The lowest BCUT2D eigenvalue weighted by Crippen LogP contribution is -2.44. The highest BCUT2D eigenvalue weighted by molar-refractivity contribution is 6.10. The number of hydrogen-bond donors (Lipinski definition) is 1. The first kappa shape index (κ1) is 21.7. The van der Waals surface area contributed by atoms with Gasteiger partial charge in [-0.2, -0.15) is 13.2 Å². The fourth-order valence-corrected chi connectivity index (χ4v) is 4.69. The number of carbonyl (C=O) groups is 1. The van der Waals surface area contributed by atoms with Crippen LogP contribution in [0.5, 0.6) is 11.5 Å². The van der Waals surface area contributed by atoms with E-state index in [1.165, 1.54) is 13.2 Å². The van der Waals surface area contributed by atoms with Crippen molar-refractivity contribution in [3.63, 3.8) is 0 Å². The summed E-state index contributed by atoms with van der Waals surface area (Å²) in [6, 6.07) is 1.66. The third-order valence-electron chi connectivity index (χ3n) is 6.11. The van der Waals surface area contributed by atoms with Gasteiger partial charge in [0.1, 0.15) is 0 Å². The van der Waals surface area contributed by atoms with E-state index in [1.54, 1.807) is 13.2 Å². The Balaban J connectivity index is 1.70. The molecule has 6 nitrogen and oxygen atoms in total. The fourth-order valence-electron chi connectivity index (χ4n) is 4.69. The van der Waals surface area contributed by atoms with E-state index in [4.69, 9.17) is 9.47 Å². The van der Waals surface area contributed by atoms with Gasteiger partial charge >= 0.3 is 6.18 Å². The van der Waals surface area contributed by atoms with Gasteiger partial charge in [0.05, 0.1) is 25.5 Å². The van der Waals surface area contributed by atoms with Crippen LogP contribution in [0.25, 0.3) is 0 Å². The summed E-state index contributed by atoms with van der Waals surface area (Å²) < 4.78 is 51.5. The number of dihydropyridines is 1. The number of anilines is 1. The van der Waals surface area contributed by atoms with E-state index in [9.17, 15) is 18.0 Å². The molecule has 0 radical (unpaired) electrons. The number of carbonyl (C=O) groups excluding carboxylic acids is 1. The summed E-state index contributed by atoms with van der Waals surface area (Å²) in [6.45, 7) is 3.38. The van der Waals surface area contributed by atoms with Gasteiger partial charge in [-0.1, -0.05) is 6.08 Å². The van der Waals surface area contributed by atoms with E-state index in [0.717, 1.165) is 37.4 Å². The zero-order valence-corrected chi connectivity index (χ0v) is 17.6. The molecule has 1 aliphatic carbocycles. The maximum Gasteiger partial charge on any atom is 0.417 e. The SMILES string of the molecule is COc1cc2c(c(N3CCNCC3)c1OC)CC(CC1=NCCC=C1C(F)(F)F)C2=O. The average molecular weight is 437 g/mol. The molecule has 1 saturated heterocycles. The number of Topliss-reactive ketones (excluding diaryl/α,β-unsaturated/α-hetero) is 1. The maximum atomic E-state index is 13.5. The molecule has 9 heteroatoms. The number of nitrogens with zero attached hydrogens (tertiary/aromatic N) is 2. The number of allylic oxidation sites excluding steroid dienone is 1. The molecule has 1 aromatic carbocycles. The largest absolute Gasteiger partial charge is 0.493 e. The number of halogens is 3. The molecule has 0 bridgehead atoms. The van der Waals surface area contributed by atoms with Gasteiger partial charge in [-0.05, 0) is 24.5 Å². The molecule has 1 N–H and O–H groups in total. The Bertz CT molecular complexity index is 934. The van der Waals surface area contributed by atoms with Crippen LogP contribution in [0.4, 0.5) is 18.9 Å². The third-order valence-corrected chi connectivity index (χ3v) is 6.11. The Hall–Kier alpha value is -2.55. The van der Waals surface area contributed by atoms with Gasteiger partial charge in [-0.3, -0.25) is 9.79 Å². The van der Waals surface area contributed by atoms with Crippen LogP contribution in [0.3, 0.4) is 0 Å². The minimum atomic E-state index is -4.47. The minimum absolute atomic E-state index is 0.0208.